The third-order valence-corrected chi connectivity index (χ3v) is 2.74. The molecule has 0 saturated heterocycles. The molecule has 1 rings (SSSR count). The Bertz CT molecular complexity index is 309. The SMILES string of the molecule is CC(Cc1ccccc1)NCC(Cl)=CCl. The van der Waals surface area contributed by atoms with E-state index in [0.29, 0.717) is 17.6 Å². The Kier molecular flexibility index (Phi) is 5.77. The van der Waals surface area contributed by atoms with Crippen molar-refractivity contribution >= 4 is 23.2 Å². The predicted octanol–water partition coefficient (Wildman–Crippen LogP) is 3.53. The second-order valence-electron chi connectivity index (χ2n) is 3.53. The van der Waals surface area contributed by atoms with Crippen LogP contribution in [0.25, 0.3) is 0 Å². The van der Waals surface area contributed by atoms with E-state index in [1.165, 1.54) is 11.1 Å². The molecular formula is C12H15Cl2N. The summed E-state index contributed by atoms with van der Waals surface area (Å²) in [7, 11) is 0. The van der Waals surface area contributed by atoms with Crippen molar-refractivity contribution in [3.63, 3.8) is 0 Å². The van der Waals surface area contributed by atoms with Gasteiger partial charge in [-0.3, -0.25) is 0 Å². The summed E-state index contributed by atoms with van der Waals surface area (Å²) < 4.78 is 0. The fraction of sp³-hybridized carbons (Fsp3) is 0.333. The van der Waals surface area contributed by atoms with Crippen LogP contribution in [0.5, 0.6) is 0 Å². The van der Waals surface area contributed by atoms with Gasteiger partial charge in [-0.2, -0.15) is 0 Å². The first-order chi connectivity index (χ1) is 7.22. The minimum Gasteiger partial charge on any atom is -0.309 e. The van der Waals surface area contributed by atoms with Crippen LogP contribution in [0.2, 0.25) is 0 Å². The van der Waals surface area contributed by atoms with Crippen molar-refractivity contribution in [2.75, 3.05) is 6.54 Å². The van der Waals surface area contributed by atoms with Gasteiger partial charge in [0.15, 0.2) is 0 Å². The molecule has 0 radical (unpaired) electrons. The third-order valence-electron chi connectivity index (χ3n) is 2.12. The largest absolute Gasteiger partial charge is 0.309 e. The lowest BCUT2D eigenvalue weighted by Crippen LogP contribution is -2.29. The summed E-state index contributed by atoms with van der Waals surface area (Å²) in [5.74, 6) is 0. The molecular weight excluding hydrogens is 229 g/mol. The smallest absolute Gasteiger partial charge is 0.0431 e. The van der Waals surface area contributed by atoms with Crippen LogP contribution in [0.15, 0.2) is 40.9 Å². The molecule has 0 aromatic heterocycles. The summed E-state index contributed by atoms with van der Waals surface area (Å²) in [6.45, 7) is 2.75. The lowest BCUT2D eigenvalue weighted by atomic mass is 10.1. The molecule has 1 aromatic rings. The van der Waals surface area contributed by atoms with Gasteiger partial charge in [-0.1, -0.05) is 53.5 Å². The van der Waals surface area contributed by atoms with Crippen molar-refractivity contribution in [3.8, 4) is 0 Å². The number of hydrogen-bond donors (Lipinski definition) is 1. The highest BCUT2D eigenvalue weighted by Gasteiger charge is 2.02. The van der Waals surface area contributed by atoms with Gasteiger partial charge in [0.2, 0.25) is 0 Å². The van der Waals surface area contributed by atoms with E-state index in [-0.39, 0.29) is 0 Å². The topological polar surface area (TPSA) is 12.0 Å². The molecule has 1 N–H and O–H groups in total. The monoisotopic (exact) mass is 243 g/mol. The Hall–Kier alpha value is -0.500. The van der Waals surface area contributed by atoms with Crippen LogP contribution in [0.1, 0.15) is 12.5 Å². The van der Waals surface area contributed by atoms with Gasteiger partial charge in [-0.15, -0.1) is 0 Å². The summed E-state index contributed by atoms with van der Waals surface area (Å²) in [5, 5.41) is 3.93. The summed E-state index contributed by atoms with van der Waals surface area (Å²) in [4.78, 5) is 0. The molecule has 15 heavy (non-hydrogen) atoms. The molecule has 3 heteroatoms. The van der Waals surface area contributed by atoms with Gasteiger partial charge in [-0.25, -0.2) is 0 Å². The summed E-state index contributed by atoms with van der Waals surface area (Å²) in [5.41, 5.74) is 2.72. The van der Waals surface area contributed by atoms with E-state index in [1.807, 2.05) is 18.2 Å². The molecule has 1 atom stereocenters. The average molecular weight is 244 g/mol. The maximum atomic E-state index is 5.78. The number of benzene rings is 1. The second-order valence-corrected chi connectivity index (χ2v) is 4.23. The first kappa shape index (κ1) is 12.6. The van der Waals surface area contributed by atoms with Gasteiger partial charge in [-0.05, 0) is 18.9 Å². The summed E-state index contributed by atoms with van der Waals surface area (Å²) in [6, 6.07) is 10.8. The molecule has 0 aliphatic carbocycles. The number of rotatable bonds is 5. The van der Waals surface area contributed by atoms with E-state index >= 15 is 0 Å². The fourth-order valence-electron chi connectivity index (χ4n) is 1.35. The average Bonchev–Trinajstić information content (AvgIpc) is 2.27. The number of halogens is 2. The maximum Gasteiger partial charge on any atom is 0.0431 e. The number of hydrogen-bond acceptors (Lipinski definition) is 1. The highest BCUT2D eigenvalue weighted by molar-refractivity contribution is 6.36. The van der Waals surface area contributed by atoms with Gasteiger partial charge >= 0.3 is 0 Å². The van der Waals surface area contributed by atoms with E-state index in [1.54, 1.807) is 0 Å². The van der Waals surface area contributed by atoms with Crippen LogP contribution < -0.4 is 5.32 Å². The first-order valence-corrected chi connectivity index (χ1v) is 5.76. The Morgan fingerprint density at radius 3 is 2.67 bits per heavy atom. The van der Waals surface area contributed by atoms with Gasteiger partial charge in [0.05, 0.1) is 0 Å². The zero-order chi connectivity index (χ0) is 11.1. The van der Waals surface area contributed by atoms with Crippen LogP contribution in [0, 0.1) is 0 Å². The molecule has 0 bridgehead atoms. The van der Waals surface area contributed by atoms with Crippen molar-refractivity contribution in [2.45, 2.75) is 19.4 Å². The van der Waals surface area contributed by atoms with E-state index < -0.39 is 0 Å². The van der Waals surface area contributed by atoms with Crippen molar-refractivity contribution < 1.29 is 0 Å². The highest BCUT2D eigenvalue weighted by Crippen LogP contribution is 2.05. The molecule has 0 aliphatic heterocycles. The van der Waals surface area contributed by atoms with E-state index in [0.717, 1.165) is 6.42 Å². The molecule has 0 fully saturated rings. The summed E-state index contributed by atoms with van der Waals surface area (Å²) >= 11 is 11.2. The van der Waals surface area contributed by atoms with E-state index in [4.69, 9.17) is 23.2 Å². The Morgan fingerprint density at radius 2 is 2.07 bits per heavy atom. The fourth-order valence-corrected chi connectivity index (χ4v) is 1.50. The van der Waals surface area contributed by atoms with Crippen LogP contribution in [0.3, 0.4) is 0 Å². The molecule has 1 unspecified atom stereocenters. The third kappa shape index (κ3) is 5.22. The van der Waals surface area contributed by atoms with Crippen LogP contribution >= 0.6 is 23.2 Å². The minimum absolute atomic E-state index is 0.387. The van der Waals surface area contributed by atoms with E-state index in [2.05, 4.69) is 24.4 Å². The molecule has 0 amide bonds. The molecule has 82 valence electrons. The zero-order valence-electron chi connectivity index (χ0n) is 8.71. The molecule has 0 saturated carbocycles. The molecule has 0 aliphatic rings. The van der Waals surface area contributed by atoms with Gasteiger partial charge in [0, 0.05) is 23.2 Å². The first-order valence-electron chi connectivity index (χ1n) is 4.94. The molecule has 1 aromatic carbocycles. The molecule has 1 nitrogen and oxygen atoms in total. The van der Waals surface area contributed by atoms with Crippen LogP contribution in [0.4, 0.5) is 0 Å². The molecule has 0 heterocycles. The minimum atomic E-state index is 0.387. The molecule has 0 spiro atoms. The Balaban J connectivity index is 2.33. The Morgan fingerprint density at radius 1 is 1.40 bits per heavy atom. The van der Waals surface area contributed by atoms with Crippen molar-refractivity contribution in [2.24, 2.45) is 0 Å². The Labute approximate surface area is 101 Å². The lowest BCUT2D eigenvalue weighted by Gasteiger charge is -2.13. The number of nitrogens with one attached hydrogen (secondary N) is 1. The van der Waals surface area contributed by atoms with Crippen LogP contribution in [-0.2, 0) is 6.42 Å². The normalized spacial score (nSPS) is 13.9. The highest BCUT2D eigenvalue weighted by atomic mass is 35.5. The van der Waals surface area contributed by atoms with Crippen molar-refractivity contribution in [1.29, 1.82) is 0 Å². The van der Waals surface area contributed by atoms with Crippen LogP contribution in [-0.4, -0.2) is 12.6 Å². The summed E-state index contributed by atoms with van der Waals surface area (Å²) in [6.07, 6.45) is 0.993. The standard InChI is InChI=1S/C12H15Cl2N/c1-10(15-9-12(14)8-13)7-11-5-3-2-4-6-11/h2-6,8,10,15H,7,9H2,1H3. The quantitative estimate of drug-likeness (QED) is 0.835. The second kappa shape index (κ2) is 6.89. The van der Waals surface area contributed by atoms with E-state index in [9.17, 15) is 0 Å². The van der Waals surface area contributed by atoms with Gasteiger partial charge < -0.3 is 5.32 Å². The lowest BCUT2D eigenvalue weighted by molar-refractivity contribution is 0.578. The van der Waals surface area contributed by atoms with Gasteiger partial charge in [0.25, 0.3) is 0 Å². The maximum absolute atomic E-state index is 5.78. The zero-order valence-corrected chi connectivity index (χ0v) is 10.2. The van der Waals surface area contributed by atoms with Gasteiger partial charge in [0.1, 0.15) is 0 Å². The van der Waals surface area contributed by atoms with Crippen molar-refractivity contribution in [3.05, 3.63) is 46.5 Å². The predicted molar refractivity (Wildman–Crippen MR) is 67.4 cm³/mol. The van der Waals surface area contributed by atoms with Crippen molar-refractivity contribution in [1.82, 2.24) is 5.32 Å².